The molecule has 0 aliphatic rings. The van der Waals surface area contributed by atoms with Crippen LogP contribution in [0.3, 0.4) is 0 Å². The summed E-state index contributed by atoms with van der Waals surface area (Å²) in [5.74, 6) is 1.48. The zero-order valence-corrected chi connectivity index (χ0v) is 13.4. The SMILES string of the molecule is CCn1cc(-c2cc(OC)c(OC)cc2CNC)c(C)n1. The molecule has 0 unspecified atom stereocenters. The van der Waals surface area contributed by atoms with Crippen LogP contribution >= 0.6 is 0 Å². The number of benzene rings is 1. The third-order valence-electron chi connectivity index (χ3n) is 3.54. The predicted octanol–water partition coefficient (Wildman–Crippen LogP) is 2.62. The van der Waals surface area contributed by atoms with Crippen molar-refractivity contribution in [1.29, 1.82) is 0 Å². The van der Waals surface area contributed by atoms with E-state index in [0.29, 0.717) is 0 Å². The Hall–Kier alpha value is -2.01. The maximum atomic E-state index is 5.43. The first-order chi connectivity index (χ1) is 10.1. The minimum Gasteiger partial charge on any atom is -0.493 e. The second-order valence-electron chi connectivity index (χ2n) is 4.88. The summed E-state index contributed by atoms with van der Waals surface area (Å²) in [4.78, 5) is 0. The van der Waals surface area contributed by atoms with Crippen LogP contribution in [0, 0.1) is 6.92 Å². The molecule has 0 fully saturated rings. The van der Waals surface area contributed by atoms with Gasteiger partial charge >= 0.3 is 0 Å². The number of hydrogen-bond donors (Lipinski definition) is 1. The number of nitrogens with zero attached hydrogens (tertiary/aromatic N) is 2. The second kappa shape index (κ2) is 6.63. The van der Waals surface area contributed by atoms with Crippen LogP contribution in [0.15, 0.2) is 18.3 Å². The summed E-state index contributed by atoms with van der Waals surface area (Å²) in [7, 11) is 5.24. The molecule has 0 radical (unpaired) electrons. The first kappa shape index (κ1) is 15.4. The Labute approximate surface area is 125 Å². The van der Waals surface area contributed by atoms with Crippen LogP contribution in [0.25, 0.3) is 11.1 Å². The van der Waals surface area contributed by atoms with Crippen LogP contribution in [0.5, 0.6) is 11.5 Å². The summed E-state index contributed by atoms with van der Waals surface area (Å²) in [6, 6.07) is 4.04. The molecule has 2 rings (SSSR count). The average Bonchev–Trinajstić information content (AvgIpc) is 2.88. The first-order valence-electron chi connectivity index (χ1n) is 7.08. The Morgan fingerprint density at radius 2 is 1.81 bits per heavy atom. The molecule has 0 aliphatic heterocycles. The van der Waals surface area contributed by atoms with Crippen molar-refractivity contribution in [3.05, 3.63) is 29.6 Å². The van der Waals surface area contributed by atoms with Gasteiger partial charge in [-0.3, -0.25) is 4.68 Å². The summed E-state index contributed by atoms with van der Waals surface area (Å²) in [5.41, 5.74) is 4.43. The van der Waals surface area contributed by atoms with E-state index in [1.165, 1.54) is 0 Å². The van der Waals surface area contributed by atoms with Crippen LogP contribution in [0.4, 0.5) is 0 Å². The quantitative estimate of drug-likeness (QED) is 0.888. The molecule has 0 bridgehead atoms. The van der Waals surface area contributed by atoms with Crippen molar-refractivity contribution in [2.24, 2.45) is 0 Å². The smallest absolute Gasteiger partial charge is 0.161 e. The molecule has 0 amide bonds. The maximum Gasteiger partial charge on any atom is 0.161 e. The molecular formula is C16H23N3O2. The molecule has 5 heteroatoms. The van der Waals surface area contributed by atoms with Crippen molar-refractivity contribution in [3.8, 4) is 22.6 Å². The normalized spacial score (nSPS) is 10.7. The van der Waals surface area contributed by atoms with Crippen molar-refractivity contribution in [2.75, 3.05) is 21.3 Å². The largest absolute Gasteiger partial charge is 0.493 e. The Morgan fingerprint density at radius 1 is 1.14 bits per heavy atom. The van der Waals surface area contributed by atoms with Gasteiger partial charge in [0.2, 0.25) is 0 Å². The van der Waals surface area contributed by atoms with Gasteiger partial charge in [-0.2, -0.15) is 5.10 Å². The van der Waals surface area contributed by atoms with Gasteiger partial charge in [-0.25, -0.2) is 0 Å². The van der Waals surface area contributed by atoms with Gasteiger partial charge in [0.25, 0.3) is 0 Å². The van der Waals surface area contributed by atoms with E-state index in [4.69, 9.17) is 9.47 Å². The number of methoxy groups -OCH3 is 2. The van der Waals surface area contributed by atoms with E-state index < -0.39 is 0 Å². The van der Waals surface area contributed by atoms with Crippen LogP contribution in [0.1, 0.15) is 18.2 Å². The maximum absolute atomic E-state index is 5.43. The number of aryl methyl sites for hydroxylation is 2. The number of nitrogens with one attached hydrogen (secondary N) is 1. The summed E-state index contributed by atoms with van der Waals surface area (Å²) >= 11 is 0. The molecule has 1 heterocycles. The third kappa shape index (κ3) is 3.03. The fraction of sp³-hybridized carbons (Fsp3) is 0.438. The highest BCUT2D eigenvalue weighted by Crippen LogP contribution is 2.36. The molecule has 0 saturated heterocycles. The highest BCUT2D eigenvalue weighted by Gasteiger charge is 2.15. The van der Waals surface area contributed by atoms with Gasteiger partial charge in [-0.15, -0.1) is 0 Å². The van der Waals surface area contributed by atoms with Crippen LogP contribution in [0.2, 0.25) is 0 Å². The lowest BCUT2D eigenvalue weighted by Gasteiger charge is -2.14. The predicted molar refractivity (Wildman–Crippen MR) is 83.9 cm³/mol. The van der Waals surface area contributed by atoms with E-state index >= 15 is 0 Å². The molecule has 1 aromatic carbocycles. The Morgan fingerprint density at radius 3 is 2.33 bits per heavy atom. The van der Waals surface area contributed by atoms with Crippen LogP contribution in [-0.4, -0.2) is 31.0 Å². The summed E-state index contributed by atoms with van der Waals surface area (Å²) in [6.45, 7) is 5.72. The average molecular weight is 289 g/mol. The van der Waals surface area contributed by atoms with E-state index in [0.717, 1.165) is 47.0 Å². The fourth-order valence-corrected chi connectivity index (χ4v) is 2.45. The van der Waals surface area contributed by atoms with Gasteiger partial charge in [0.1, 0.15) is 0 Å². The molecule has 0 spiro atoms. The fourth-order valence-electron chi connectivity index (χ4n) is 2.45. The minimum absolute atomic E-state index is 0.732. The lowest BCUT2D eigenvalue weighted by molar-refractivity contribution is 0.354. The summed E-state index contributed by atoms with van der Waals surface area (Å²) in [6.07, 6.45) is 2.08. The molecule has 2 aromatic rings. The molecule has 0 atom stereocenters. The van der Waals surface area contributed by atoms with Crippen molar-refractivity contribution < 1.29 is 9.47 Å². The van der Waals surface area contributed by atoms with Gasteiger partial charge in [0.05, 0.1) is 19.9 Å². The molecule has 0 saturated carbocycles. The third-order valence-corrected chi connectivity index (χ3v) is 3.54. The van der Waals surface area contributed by atoms with E-state index in [-0.39, 0.29) is 0 Å². The van der Waals surface area contributed by atoms with Crippen LogP contribution < -0.4 is 14.8 Å². The van der Waals surface area contributed by atoms with Gasteiger partial charge in [0.15, 0.2) is 11.5 Å². The monoisotopic (exact) mass is 289 g/mol. The molecular weight excluding hydrogens is 266 g/mol. The van der Waals surface area contributed by atoms with Crippen molar-refractivity contribution in [2.45, 2.75) is 26.9 Å². The zero-order valence-electron chi connectivity index (χ0n) is 13.4. The van der Waals surface area contributed by atoms with Gasteiger partial charge in [-0.05, 0) is 44.2 Å². The van der Waals surface area contributed by atoms with Crippen molar-refractivity contribution in [3.63, 3.8) is 0 Å². The number of aromatic nitrogens is 2. The molecule has 21 heavy (non-hydrogen) atoms. The number of rotatable bonds is 6. The lowest BCUT2D eigenvalue weighted by Crippen LogP contribution is -2.07. The second-order valence-corrected chi connectivity index (χ2v) is 4.88. The van der Waals surface area contributed by atoms with E-state index in [2.05, 4.69) is 23.5 Å². The minimum atomic E-state index is 0.732. The summed E-state index contributed by atoms with van der Waals surface area (Å²) < 4.78 is 12.8. The molecule has 0 aliphatic carbocycles. The molecule has 1 N–H and O–H groups in total. The van der Waals surface area contributed by atoms with E-state index in [9.17, 15) is 0 Å². The number of hydrogen-bond acceptors (Lipinski definition) is 4. The molecule has 5 nitrogen and oxygen atoms in total. The Balaban J connectivity index is 2.61. The molecule has 1 aromatic heterocycles. The van der Waals surface area contributed by atoms with Gasteiger partial charge < -0.3 is 14.8 Å². The standard InChI is InChI=1S/C16H23N3O2/c1-6-19-10-14(11(2)18-19)13-8-16(21-5)15(20-4)7-12(13)9-17-3/h7-8,10,17H,6,9H2,1-5H3. The van der Waals surface area contributed by atoms with E-state index in [1.807, 2.05) is 30.8 Å². The Bertz CT molecular complexity index is 620. The van der Waals surface area contributed by atoms with Gasteiger partial charge in [-0.1, -0.05) is 0 Å². The highest BCUT2D eigenvalue weighted by molar-refractivity contribution is 5.72. The van der Waals surface area contributed by atoms with Gasteiger partial charge in [0, 0.05) is 24.8 Å². The topological polar surface area (TPSA) is 48.3 Å². The van der Waals surface area contributed by atoms with E-state index in [1.54, 1.807) is 14.2 Å². The Kier molecular flexibility index (Phi) is 4.85. The lowest BCUT2D eigenvalue weighted by atomic mass is 9.99. The number of ether oxygens (including phenoxy) is 2. The van der Waals surface area contributed by atoms with Crippen LogP contribution in [-0.2, 0) is 13.1 Å². The summed E-state index contributed by atoms with van der Waals surface area (Å²) in [5, 5.41) is 7.73. The van der Waals surface area contributed by atoms with Crippen molar-refractivity contribution in [1.82, 2.24) is 15.1 Å². The first-order valence-corrected chi connectivity index (χ1v) is 7.08. The molecule has 114 valence electrons. The highest BCUT2D eigenvalue weighted by atomic mass is 16.5. The zero-order chi connectivity index (χ0) is 15.4. The van der Waals surface area contributed by atoms with Crippen molar-refractivity contribution >= 4 is 0 Å².